The van der Waals surface area contributed by atoms with Gasteiger partial charge in [0, 0.05) is 29.4 Å². The van der Waals surface area contributed by atoms with Crippen molar-refractivity contribution >= 4 is 0 Å². The molecule has 3 aliphatic rings. The molecular weight excluding hydrogens is 435 g/mol. The predicted molar refractivity (Wildman–Crippen MR) is 104 cm³/mol. The molecule has 0 bridgehead atoms. The van der Waals surface area contributed by atoms with Crippen LogP contribution in [0.2, 0.25) is 0 Å². The molecule has 5 nitrogen and oxygen atoms in total. The van der Waals surface area contributed by atoms with Crippen molar-refractivity contribution in [2.45, 2.75) is 37.8 Å². The summed E-state index contributed by atoms with van der Waals surface area (Å²) >= 11 is 0. The number of benzene rings is 1. The third-order valence-corrected chi connectivity index (χ3v) is 6.29. The van der Waals surface area contributed by atoms with Crippen LogP contribution in [0.4, 0.5) is 22.0 Å². The molecule has 1 fully saturated rings. The zero-order valence-corrected chi connectivity index (χ0v) is 17.1. The highest BCUT2D eigenvalue weighted by Crippen LogP contribution is 2.61. The van der Waals surface area contributed by atoms with Crippen LogP contribution in [0.3, 0.4) is 0 Å². The number of fused-ring (bicyclic) bond motifs is 1. The third kappa shape index (κ3) is 3.47. The first kappa shape index (κ1) is 22.0. The highest BCUT2D eigenvalue weighted by Gasteiger charge is 2.59. The van der Waals surface area contributed by atoms with E-state index in [1.54, 1.807) is 0 Å². The number of hydrogen-bond donors (Lipinski definition) is 1. The number of hydrogen-bond acceptors (Lipinski definition) is 4. The molecule has 2 aliphatic heterocycles. The Kier molecular flexibility index (Phi) is 5.14. The number of rotatable bonds is 3. The Hall–Kier alpha value is -3.17. The molecule has 1 N–H and O–H groups in total. The van der Waals surface area contributed by atoms with Gasteiger partial charge in [0.1, 0.15) is 0 Å². The maximum Gasteiger partial charge on any atom is 0.394 e. The van der Waals surface area contributed by atoms with Crippen molar-refractivity contribution in [3.63, 3.8) is 0 Å². The van der Waals surface area contributed by atoms with Gasteiger partial charge in [-0.1, -0.05) is 13.0 Å². The number of halogens is 5. The number of ether oxygens (including phenoxy) is 1. The summed E-state index contributed by atoms with van der Waals surface area (Å²) < 4.78 is 75.6. The number of pyridine rings is 2. The summed E-state index contributed by atoms with van der Waals surface area (Å²) in [6, 6.07) is 4.56. The first-order chi connectivity index (χ1) is 14.9. The summed E-state index contributed by atoms with van der Waals surface area (Å²) in [4.78, 5) is 17.0. The van der Waals surface area contributed by atoms with Gasteiger partial charge in [-0.05, 0) is 30.9 Å². The van der Waals surface area contributed by atoms with E-state index in [4.69, 9.17) is 4.74 Å². The van der Waals surface area contributed by atoms with E-state index < -0.39 is 59.1 Å². The molecule has 1 aliphatic carbocycles. The predicted octanol–water partition coefficient (Wildman–Crippen LogP) is 5.10. The van der Waals surface area contributed by atoms with E-state index >= 15 is 0 Å². The monoisotopic (exact) mass is 454 g/mol. The minimum Gasteiger partial charge on any atom is -0.493 e. The zero-order chi connectivity index (χ0) is 23.4. The Morgan fingerprint density at radius 1 is 1.19 bits per heavy atom. The maximum absolute atomic E-state index is 14.4. The van der Waals surface area contributed by atoms with Crippen LogP contribution in [-0.2, 0) is 0 Å². The molecule has 4 rings (SSSR count). The largest absolute Gasteiger partial charge is 0.493 e. The Balaban J connectivity index is 1.91. The molecule has 170 valence electrons. The number of methoxy groups -OCH3 is 1. The van der Waals surface area contributed by atoms with Crippen LogP contribution >= 0.6 is 0 Å². The highest BCUT2D eigenvalue weighted by molar-refractivity contribution is 5.59. The highest BCUT2D eigenvalue weighted by atomic mass is 19.4. The van der Waals surface area contributed by atoms with Crippen LogP contribution in [0.25, 0.3) is 11.3 Å². The molecule has 0 aromatic heterocycles. The normalized spacial score (nSPS) is 23.6. The average molecular weight is 454 g/mol. The third-order valence-electron chi connectivity index (χ3n) is 6.29. The summed E-state index contributed by atoms with van der Waals surface area (Å²) in [5.41, 5.74) is -2.16. The van der Waals surface area contributed by atoms with E-state index in [2.05, 4.69) is 4.98 Å². The Morgan fingerprint density at radius 3 is 2.53 bits per heavy atom. The van der Waals surface area contributed by atoms with Crippen molar-refractivity contribution in [2.75, 3.05) is 7.11 Å². The molecular formula is C22H19F5N2O3. The lowest BCUT2D eigenvalue weighted by molar-refractivity contribution is -0.216. The number of aromatic nitrogens is 2. The van der Waals surface area contributed by atoms with Crippen molar-refractivity contribution < 1.29 is 31.9 Å². The van der Waals surface area contributed by atoms with Crippen LogP contribution in [0, 0.1) is 17.0 Å². The fraction of sp³-hybridized carbons (Fsp3) is 0.364. The molecule has 1 aromatic carbocycles. The molecule has 0 radical (unpaired) electrons. The molecule has 1 aromatic rings. The van der Waals surface area contributed by atoms with Crippen molar-refractivity contribution in [1.82, 2.24) is 9.71 Å². The van der Waals surface area contributed by atoms with Crippen molar-refractivity contribution in [1.29, 1.82) is 0 Å². The Labute approximate surface area is 179 Å². The van der Waals surface area contributed by atoms with Gasteiger partial charge in [0.25, 0.3) is 0 Å². The second-order valence-corrected chi connectivity index (χ2v) is 8.33. The Bertz CT molecular complexity index is 1210. The molecule has 0 spiro atoms. The lowest BCUT2D eigenvalue weighted by Crippen LogP contribution is -2.32. The SMILES string of the molecule is COc1c([C@@H]2C[C@](C)(C(F)(F)F)C[C@H]2c2cc(=O)c3cn(O)ccc-3n2)ccc(F)c1F. The van der Waals surface area contributed by atoms with Crippen LogP contribution in [0.15, 0.2) is 41.5 Å². The maximum atomic E-state index is 14.4. The van der Waals surface area contributed by atoms with Crippen LogP contribution in [0.5, 0.6) is 5.75 Å². The first-order valence-electron chi connectivity index (χ1n) is 9.76. The summed E-state index contributed by atoms with van der Waals surface area (Å²) in [6.07, 6.45) is -2.98. The van der Waals surface area contributed by atoms with E-state index in [-0.39, 0.29) is 22.5 Å². The topological polar surface area (TPSA) is 64.3 Å². The van der Waals surface area contributed by atoms with E-state index in [0.717, 1.165) is 32.4 Å². The average Bonchev–Trinajstić information content (AvgIpc) is 3.09. The van der Waals surface area contributed by atoms with Gasteiger partial charge in [-0.25, -0.2) is 9.12 Å². The second-order valence-electron chi connectivity index (χ2n) is 8.33. The van der Waals surface area contributed by atoms with E-state index in [9.17, 15) is 32.0 Å². The quantitative estimate of drug-likeness (QED) is 0.442. The minimum atomic E-state index is -4.56. The summed E-state index contributed by atoms with van der Waals surface area (Å²) in [7, 11) is 1.11. The molecule has 2 heterocycles. The van der Waals surface area contributed by atoms with Gasteiger partial charge < -0.3 is 9.94 Å². The van der Waals surface area contributed by atoms with Gasteiger partial charge in [0.2, 0.25) is 5.82 Å². The Morgan fingerprint density at radius 2 is 1.88 bits per heavy atom. The fourth-order valence-electron chi connectivity index (χ4n) is 4.59. The van der Waals surface area contributed by atoms with Gasteiger partial charge in [-0.2, -0.15) is 17.6 Å². The van der Waals surface area contributed by atoms with Gasteiger partial charge in [-0.3, -0.25) is 9.78 Å². The number of nitrogens with zero attached hydrogens (tertiary/aromatic N) is 2. The standard InChI is InChI=1S/C22H19F5N2O3/c1-21(22(25,26)27)8-12(11-3-4-15(23)19(24)20(11)32-2)13(9-21)17-7-18(30)14-10-29(31)6-5-16(14)28-17/h3-7,10,12-13,31H,8-9H2,1-2H3/t12-,13+,21-/m0/s1. The molecule has 0 amide bonds. The van der Waals surface area contributed by atoms with Crippen LogP contribution in [-0.4, -0.2) is 28.2 Å². The van der Waals surface area contributed by atoms with Crippen molar-refractivity contribution in [2.24, 2.45) is 5.41 Å². The second kappa shape index (κ2) is 7.46. The van der Waals surface area contributed by atoms with Gasteiger partial charge in [-0.15, -0.1) is 0 Å². The van der Waals surface area contributed by atoms with Crippen LogP contribution < -0.4 is 10.2 Å². The lowest BCUT2D eigenvalue weighted by Gasteiger charge is -2.27. The van der Waals surface area contributed by atoms with Crippen molar-refractivity contribution in [3.8, 4) is 17.0 Å². The number of alkyl halides is 3. The van der Waals surface area contributed by atoms with Gasteiger partial charge in [0.05, 0.1) is 30.0 Å². The molecule has 10 heteroatoms. The summed E-state index contributed by atoms with van der Waals surface area (Å²) in [6.45, 7) is 1.07. The van der Waals surface area contributed by atoms with Crippen LogP contribution in [0.1, 0.15) is 42.9 Å². The van der Waals surface area contributed by atoms with E-state index in [1.807, 2.05) is 0 Å². The lowest BCUT2D eigenvalue weighted by atomic mass is 9.85. The van der Waals surface area contributed by atoms with E-state index in [1.165, 1.54) is 18.3 Å². The van der Waals surface area contributed by atoms with Crippen molar-refractivity contribution in [3.05, 3.63) is 69.8 Å². The summed E-state index contributed by atoms with van der Waals surface area (Å²) in [5.74, 6) is -4.76. The molecule has 3 atom stereocenters. The van der Waals surface area contributed by atoms with Gasteiger partial charge in [0.15, 0.2) is 17.0 Å². The summed E-state index contributed by atoms with van der Waals surface area (Å²) in [5, 5.41) is 9.54. The fourth-order valence-corrected chi connectivity index (χ4v) is 4.59. The van der Waals surface area contributed by atoms with Gasteiger partial charge >= 0.3 is 6.18 Å². The molecule has 0 saturated heterocycles. The molecule has 0 unspecified atom stereocenters. The molecule has 1 saturated carbocycles. The zero-order valence-electron chi connectivity index (χ0n) is 17.1. The minimum absolute atomic E-state index is 0.0833. The first-order valence-corrected chi connectivity index (χ1v) is 9.76. The molecule has 32 heavy (non-hydrogen) atoms. The smallest absolute Gasteiger partial charge is 0.394 e. The van der Waals surface area contributed by atoms with E-state index in [0.29, 0.717) is 4.73 Å².